The summed E-state index contributed by atoms with van der Waals surface area (Å²) in [5.41, 5.74) is 1.44. The summed E-state index contributed by atoms with van der Waals surface area (Å²) in [6, 6.07) is 1.92. The molecule has 90 valence electrons. The summed E-state index contributed by atoms with van der Waals surface area (Å²) in [5.74, 6) is -0.0565. The largest absolute Gasteiger partial charge is 0.322 e. The first-order valence-corrected chi connectivity index (χ1v) is 5.90. The van der Waals surface area contributed by atoms with Crippen LogP contribution >= 0.6 is 0 Å². The van der Waals surface area contributed by atoms with E-state index in [9.17, 15) is 4.79 Å². The molecule has 2 heterocycles. The Morgan fingerprint density at radius 3 is 3.12 bits per heavy atom. The zero-order valence-electron chi connectivity index (χ0n) is 10.2. The van der Waals surface area contributed by atoms with Crippen molar-refractivity contribution in [3.63, 3.8) is 0 Å². The molecular formula is C12H16N4O. The predicted molar refractivity (Wildman–Crippen MR) is 62.3 cm³/mol. The molecule has 17 heavy (non-hydrogen) atoms. The Hall–Kier alpha value is -1.83. The molecule has 1 aromatic rings. The molecular weight excluding hydrogens is 216 g/mol. The molecule has 0 N–H and O–H groups in total. The Morgan fingerprint density at radius 1 is 1.71 bits per heavy atom. The van der Waals surface area contributed by atoms with Gasteiger partial charge in [0.05, 0.1) is 17.3 Å². The number of aromatic nitrogens is 2. The molecule has 0 spiro atoms. The van der Waals surface area contributed by atoms with Gasteiger partial charge in [0.1, 0.15) is 6.04 Å². The van der Waals surface area contributed by atoms with Crippen LogP contribution in [-0.4, -0.2) is 33.2 Å². The summed E-state index contributed by atoms with van der Waals surface area (Å²) in [6.45, 7) is 2.65. The highest BCUT2D eigenvalue weighted by molar-refractivity contribution is 5.95. The first-order chi connectivity index (χ1) is 8.17. The summed E-state index contributed by atoms with van der Waals surface area (Å²) in [5, 5.41) is 13.3. The van der Waals surface area contributed by atoms with Gasteiger partial charge < -0.3 is 4.90 Å². The van der Waals surface area contributed by atoms with E-state index in [1.807, 2.05) is 14.0 Å². The molecule has 5 nitrogen and oxygen atoms in total. The quantitative estimate of drug-likeness (QED) is 0.767. The van der Waals surface area contributed by atoms with Crippen LogP contribution in [0.4, 0.5) is 0 Å². The molecule has 1 amide bonds. The van der Waals surface area contributed by atoms with E-state index in [1.165, 1.54) is 0 Å². The summed E-state index contributed by atoms with van der Waals surface area (Å²) < 4.78 is 1.66. The molecule has 0 aromatic carbocycles. The van der Waals surface area contributed by atoms with Crippen molar-refractivity contribution in [2.24, 2.45) is 7.05 Å². The van der Waals surface area contributed by atoms with E-state index >= 15 is 0 Å². The number of amides is 1. The number of hydrogen-bond donors (Lipinski definition) is 0. The zero-order valence-corrected chi connectivity index (χ0v) is 10.2. The van der Waals surface area contributed by atoms with Gasteiger partial charge in [-0.3, -0.25) is 9.48 Å². The second-order valence-corrected chi connectivity index (χ2v) is 4.30. The number of carbonyl (C=O) groups is 1. The SMILES string of the molecule is CCc1nn(C)cc1C(=O)N1CCCC1C#N. The van der Waals surface area contributed by atoms with Gasteiger partial charge in [0, 0.05) is 19.8 Å². The van der Waals surface area contributed by atoms with Gasteiger partial charge in [-0.05, 0) is 19.3 Å². The van der Waals surface area contributed by atoms with Gasteiger partial charge in [0.15, 0.2) is 0 Å². The fraction of sp³-hybridized carbons (Fsp3) is 0.583. The summed E-state index contributed by atoms with van der Waals surface area (Å²) >= 11 is 0. The van der Waals surface area contributed by atoms with Gasteiger partial charge in [-0.25, -0.2) is 0 Å². The van der Waals surface area contributed by atoms with E-state index < -0.39 is 0 Å². The number of likely N-dealkylation sites (tertiary alicyclic amines) is 1. The predicted octanol–water partition coefficient (Wildman–Crippen LogP) is 1.11. The van der Waals surface area contributed by atoms with Crippen molar-refractivity contribution in [1.29, 1.82) is 5.26 Å². The lowest BCUT2D eigenvalue weighted by atomic mass is 10.1. The maximum atomic E-state index is 12.3. The first kappa shape index (κ1) is 11.6. The standard InChI is InChI=1S/C12H16N4O/c1-3-11-10(8-15(2)14-11)12(17)16-6-4-5-9(16)7-13/h8-9H,3-6H2,1-2H3. The molecule has 0 aliphatic carbocycles. The third-order valence-corrected chi connectivity index (χ3v) is 3.13. The molecule has 1 aromatic heterocycles. The third-order valence-electron chi connectivity index (χ3n) is 3.13. The first-order valence-electron chi connectivity index (χ1n) is 5.90. The molecule has 1 aliphatic heterocycles. The molecule has 0 bridgehead atoms. The highest BCUT2D eigenvalue weighted by Gasteiger charge is 2.31. The van der Waals surface area contributed by atoms with E-state index in [4.69, 9.17) is 5.26 Å². The molecule has 1 saturated heterocycles. The monoisotopic (exact) mass is 232 g/mol. The Balaban J connectivity index is 2.28. The second-order valence-electron chi connectivity index (χ2n) is 4.30. The maximum absolute atomic E-state index is 12.3. The lowest BCUT2D eigenvalue weighted by Gasteiger charge is -2.18. The molecule has 5 heteroatoms. The number of nitrogens with zero attached hydrogens (tertiary/aromatic N) is 4. The second kappa shape index (κ2) is 4.58. The van der Waals surface area contributed by atoms with Crippen molar-refractivity contribution in [2.45, 2.75) is 32.2 Å². The summed E-state index contributed by atoms with van der Waals surface area (Å²) in [4.78, 5) is 14.0. The fourth-order valence-corrected chi connectivity index (χ4v) is 2.27. The maximum Gasteiger partial charge on any atom is 0.258 e. The van der Waals surface area contributed by atoms with E-state index in [2.05, 4.69) is 11.2 Å². The van der Waals surface area contributed by atoms with E-state index in [-0.39, 0.29) is 11.9 Å². The van der Waals surface area contributed by atoms with Gasteiger partial charge in [0.25, 0.3) is 5.91 Å². The van der Waals surface area contributed by atoms with Gasteiger partial charge >= 0.3 is 0 Å². The van der Waals surface area contributed by atoms with E-state index in [0.29, 0.717) is 12.1 Å². The molecule has 1 unspecified atom stereocenters. The van der Waals surface area contributed by atoms with Gasteiger partial charge in [0.2, 0.25) is 0 Å². The molecule has 1 atom stereocenters. The average Bonchev–Trinajstić information content (AvgIpc) is 2.93. The van der Waals surface area contributed by atoms with Crippen molar-refractivity contribution in [3.8, 4) is 6.07 Å². The average molecular weight is 232 g/mol. The van der Waals surface area contributed by atoms with Crippen LogP contribution in [0.15, 0.2) is 6.20 Å². The summed E-state index contributed by atoms with van der Waals surface area (Å²) in [6.07, 6.45) is 4.16. The minimum atomic E-state index is -0.271. The van der Waals surface area contributed by atoms with Crippen molar-refractivity contribution < 1.29 is 4.79 Å². The highest BCUT2D eigenvalue weighted by Crippen LogP contribution is 2.20. The smallest absolute Gasteiger partial charge is 0.258 e. The van der Waals surface area contributed by atoms with Crippen LogP contribution in [0.25, 0.3) is 0 Å². The van der Waals surface area contributed by atoms with Crippen molar-refractivity contribution >= 4 is 5.91 Å². The van der Waals surface area contributed by atoms with Crippen LogP contribution in [0.5, 0.6) is 0 Å². The highest BCUT2D eigenvalue weighted by atomic mass is 16.2. The van der Waals surface area contributed by atoms with Crippen LogP contribution in [0.3, 0.4) is 0 Å². The molecule has 0 radical (unpaired) electrons. The molecule has 1 aliphatic rings. The van der Waals surface area contributed by atoms with Crippen molar-refractivity contribution in [1.82, 2.24) is 14.7 Å². The Morgan fingerprint density at radius 2 is 2.47 bits per heavy atom. The Kier molecular flexibility index (Phi) is 3.14. The van der Waals surface area contributed by atoms with Gasteiger partial charge in [-0.1, -0.05) is 6.92 Å². The fourth-order valence-electron chi connectivity index (χ4n) is 2.27. The molecule has 1 fully saturated rings. The zero-order chi connectivity index (χ0) is 12.4. The number of aryl methyl sites for hydroxylation is 2. The van der Waals surface area contributed by atoms with Crippen LogP contribution in [0.2, 0.25) is 0 Å². The Labute approximate surface area is 101 Å². The molecule has 0 saturated carbocycles. The van der Waals surface area contributed by atoms with Crippen LogP contribution in [0, 0.1) is 11.3 Å². The normalized spacial score (nSPS) is 19.4. The van der Waals surface area contributed by atoms with Gasteiger partial charge in [-0.15, -0.1) is 0 Å². The number of rotatable bonds is 2. The van der Waals surface area contributed by atoms with Crippen LogP contribution in [-0.2, 0) is 13.5 Å². The van der Waals surface area contributed by atoms with Crippen LogP contribution < -0.4 is 0 Å². The number of nitriles is 1. The topological polar surface area (TPSA) is 61.9 Å². The van der Waals surface area contributed by atoms with Crippen molar-refractivity contribution in [2.75, 3.05) is 6.54 Å². The molecule has 2 rings (SSSR count). The minimum Gasteiger partial charge on any atom is -0.322 e. The number of hydrogen-bond acceptors (Lipinski definition) is 3. The van der Waals surface area contributed by atoms with E-state index in [0.717, 1.165) is 25.0 Å². The third kappa shape index (κ3) is 2.03. The number of carbonyl (C=O) groups excluding carboxylic acids is 1. The lowest BCUT2D eigenvalue weighted by Crippen LogP contribution is -2.34. The Bertz CT molecular complexity index is 471. The van der Waals surface area contributed by atoms with Crippen molar-refractivity contribution in [3.05, 3.63) is 17.5 Å². The summed E-state index contributed by atoms with van der Waals surface area (Å²) in [7, 11) is 1.81. The minimum absolute atomic E-state index is 0.0565. The van der Waals surface area contributed by atoms with Crippen LogP contribution in [0.1, 0.15) is 35.8 Å². The lowest BCUT2D eigenvalue weighted by molar-refractivity contribution is 0.0763. The van der Waals surface area contributed by atoms with E-state index in [1.54, 1.807) is 15.8 Å². The van der Waals surface area contributed by atoms with Gasteiger partial charge in [-0.2, -0.15) is 10.4 Å².